The fourth-order valence-corrected chi connectivity index (χ4v) is 1.94. The number of hydrogen-bond acceptors (Lipinski definition) is 5. The van der Waals surface area contributed by atoms with Crippen LogP contribution >= 0.6 is 0 Å². The summed E-state index contributed by atoms with van der Waals surface area (Å²) in [6.45, 7) is 0.335. The van der Waals surface area contributed by atoms with Crippen LogP contribution in [0.2, 0.25) is 0 Å². The van der Waals surface area contributed by atoms with Crippen LogP contribution in [0.3, 0.4) is 0 Å². The highest BCUT2D eigenvalue weighted by Gasteiger charge is 2.09. The Morgan fingerprint density at radius 2 is 1.90 bits per heavy atom. The molecule has 7 heteroatoms. The van der Waals surface area contributed by atoms with Crippen LogP contribution in [0.1, 0.15) is 5.56 Å². The van der Waals surface area contributed by atoms with Crippen molar-refractivity contribution in [3.05, 3.63) is 70.3 Å². The van der Waals surface area contributed by atoms with Gasteiger partial charge in [0.1, 0.15) is 0 Å². The molecule has 3 aromatic rings. The minimum Gasteiger partial charge on any atom is -0.258 e. The van der Waals surface area contributed by atoms with Crippen molar-refractivity contribution >= 4 is 5.69 Å². The average Bonchev–Trinajstić information content (AvgIpc) is 2.97. The molecule has 0 unspecified atom stereocenters. The summed E-state index contributed by atoms with van der Waals surface area (Å²) in [6, 6.07) is 15.9. The number of non-ortho nitro benzene ring substituents is 1. The van der Waals surface area contributed by atoms with Gasteiger partial charge in [-0.2, -0.15) is 4.80 Å². The molecule has 0 aliphatic heterocycles. The lowest BCUT2D eigenvalue weighted by Gasteiger charge is -1.99. The molecule has 0 bridgehead atoms. The molecule has 0 spiro atoms. The maximum atomic E-state index is 10.7. The fraction of sp³-hybridized carbons (Fsp3) is 0.0714. The fourth-order valence-electron chi connectivity index (χ4n) is 1.94. The van der Waals surface area contributed by atoms with Crippen molar-refractivity contribution in [1.82, 2.24) is 20.2 Å². The molecule has 3 rings (SSSR count). The lowest BCUT2D eigenvalue weighted by atomic mass is 10.2. The van der Waals surface area contributed by atoms with E-state index in [0.717, 1.165) is 11.1 Å². The maximum absolute atomic E-state index is 10.7. The first-order chi connectivity index (χ1) is 10.2. The molecule has 0 N–H and O–H groups in total. The minimum atomic E-state index is -0.423. The SMILES string of the molecule is O=[N+]([O-])c1cccc(Cn2nnc(-c3ccccc3)n2)c1. The highest BCUT2D eigenvalue weighted by molar-refractivity contribution is 5.53. The predicted molar refractivity (Wildman–Crippen MR) is 75.5 cm³/mol. The smallest absolute Gasteiger partial charge is 0.258 e. The number of benzene rings is 2. The molecule has 0 fully saturated rings. The van der Waals surface area contributed by atoms with Crippen LogP contribution in [-0.4, -0.2) is 25.1 Å². The summed E-state index contributed by atoms with van der Waals surface area (Å²) in [5.41, 5.74) is 1.68. The summed E-state index contributed by atoms with van der Waals surface area (Å²) in [7, 11) is 0. The monoisotopic (exact) mass is 281 g/mol. The van der Waals surface area contributed by atoms with E-state index in [0.29, 0.717) is 12.4 Å². The number of rotatable bonds is 4. The summed E-state index contributed by atoms with van der Waals surface area (Å²) in [4.78, 5) is 11.7. The largest absolute Gasteiger partial charge is 0.269 e. The van der Waals surface area contributed by atoms with Crippen molar-refractivity contribution in [2.45, 2.75) is 6.54 Å². The first kappa shape index (κ1) is 12.9. The Hall–Kier alpha value is -3.09. The zero-order chi connectivity index (χ0) is 14.7. The van der Waals surface area contributed by atoms with Gasteiger partial charge in [-0.1, -0.05) is 42.5 Å². The van der Waals surface area contributed by atoms with E-state index in [9.17, 15) is 10.1 Å². The van der Waals surface area contributed by atoms with E-state index in [1.54, 1.807) is 12.1 Å². The van der Waals surface area contributed by atoms with Gasteiger partial charge in [-0.15, -0.1) is 10.2 Å². The van der Waals surface area contributed by atoms with Gasteiger partial charge in [0.25, 0.3) is 5.69 Å². The van der Waals surface area contributed by atoms with E-state index in [2.05, 4.69) is 15.4 Å². The van der Waals surface area contributed by atoms with E-state index in [1.165, 1.54) is 16.9 Å². The van der Waals surface area contributed by atoms with Gasteiger partial charge in [0.15, 0.2) is 0 Å². The third-order valence-electron chi connectivity index (χ3n) is 2.93. The van der Waals surface area contributed by atoms with Crippen molar-refractivity contribution in [3.63, 3.8) is 0 Å². The molecule has 21 heavy (non-hydrogen) atoms. The van der Waals surface area contributed by atoms with Crippen LogP contribution in [0.5, 0.6) is 0 Å². The number of nitro benzene ring substituents is 1. The van der Waals surface area contributed by atoms with Crippen molar-refractivity contribution in [1.29, 1.82) is 0 Å². The third kappa shape index (κ3) is 2.92. The summed E-state index contributed by atoms with van der Waals surface area (Å²) in [5, 5.41) is 23.0. The molecule has 7 nitrogen and oxygen atoms in total. The van der Waals surface area contributed by atoms with Gasteiger partial charge in [0, 0.05) is 17.7 Å². The highest BCUT2D eigenvalue weighted by Crippen LogP contribution is 2.15. The second kappa shape index (κ2) is 5.49. The second-order valence-electron chi connectivity index (χ2n) is 4.44. The van der Waals surface area contributed by atoms with E-state index in [1.807, 2.05) is 30.3 Å². The zero-order valence-electron chi connectivity index (χ0n) is 11.0. The van der Waals surface area contributed by atoms with Crippen molar-refractivity contribution in [2.24, 2.45) is 0 Å². The molecule has 0 saturated carbocycles. The Morgan fingerprint density at radius 1 is 1.10 bits per heavy atom. The van der Waals surface area contributed by atoms with Gasteiger partial charge in [-0.3, -0.25) is 10.1 Å². The Morgan fingerprint density at radius 3 is 2.67 bits per heavy atom. The molecule has 0 radical (unpaired) electrons. The standard InChI is InChI=1S/C14H11N5O2/c20-19(21)13-8-4-5-11(9-13)10-18-16-14(15-17-18)12-6-2-1-3-7-12/h1-9H,10H2. The maximum Gasteiger partial charge on any atom is 0.269 e. The van der Waals surface area contributed by atoms with Gasteiger partial charge in [0.2, 0.25) is 5.82 Å². The van der Waals surface area contributed by atoms with Crippen LogP contribution in [0.4, 0.5) is 5.69 Å². The Kier molecular flexibility index (Phi) is 3.38. The molecular formula is C14H11N5O2. The topological polar surface area (TPSA) is 86.7 Å². The average molecular weight is 281 g/mol. The van der Waals surface area contributed by atoms with Crippen LogP contribution in [0.25, 0.3) is 11.4 Å². The first-order valence-electron chi connectivity index (χ1n) is 6.29. The van der Waals surface area contributed by atoms with Crippen LogP contribution in [0.15, 0.2) is 54.6 Å². The predicted octanol–water partition coefficient (Wildman–Crippen LogP) is 2.30. The molecule has 0 aliphatic rings. The summed E-state index contributed by atoms with van der Waals surface area (Å²) in [6.07, 6.45) is 0. The van der Waals surface area contributed by atoms with E-state index in [-0.39, 0.29) is 5.69 Å². The zero-order valence-corrected chi connectivity index (χ0v) is 11.0. The van der Waals surface area contributed by atoms with Crippen molar-refractivity contribution in [2.75, 3.05) is 0 Å². The molecule has 104 valence electrons. The molecule has 0 saturated heterocycles. The normalized spacial score (nSPS) is 10.5. The van der Waals surface area contributed by atoms with Gasteiger partial charge in [0.05, 0.1) is 11.5 Å². The lowest BCUT2D eigenvalue weighted by molar-refractivity contribution is -0.384. The number of hydrogen-bond donors (Lipinski definition) is 0. The lowest BCUT2D eigenvalue weighted by Crippen LogP contribution is -2.04. The molecule has 0 atom stereocenters. The van der Waals surface area contributed by atoms with Gasteiger partial charge in [-0.05, 0) is 10.8 Å². The highest BCUT2D eigenvalue weighted by atomic mass is 16.6. The number of aromatic nitrogens is 4. The molecule has 0 amide bonds. The van der Waals surface area contributed by atoms with Crippen LogP contribution < -0.4 is 0 Å². The molecule has 1 aromatic heterocycles. The van der Waals surface area contributed by atoms with E-state index in [4.69, 9.17) is 0 Å². The third-order valence-corrected chi connectivity index (χ3v) is 2.93. The first-order valence-corrected chi connectivity index (χ1v) is 6.29. The molecule has 2 aromatic carbocycles. The van der Waals surface area contributed by atoms with Crippen molar-refractivity contribution in [3.8, 4) is 11.4 Å². The quantitative estimate of drug-likeness (QED) is 0.541. The summed E-state index contributed by atoms with van der Waals surface area (Å²) in [5.74, 6) is 0.529. The van der Waals surface area contributed by atoms with Crippen LogP contribution in [0, 0.1) is 10.1 Å². The molecular weight excluding hydrogens is 270 g/mol. The molecule has 1 heterocycles. The number of nitro groups is 1. The second-order valence-corrected chi connectivity index (χ2v) is 4.44. The Bertz CT molecular complexity index is 770. The van der Waals surface area contributed by atoms with E-state index < -0.39 is 4.92 Å². The number of tetrazole rings is 1. The molecule has 0 aliphatic carbocycles. The summed E-state index contributed by atoms with van der Waals surface area (Å²) >= 11 is 0. The number of nitrogens with zero attached hydrogens (tertiary/aromatic N) is 5. The Labute approximate surface area is 120 Å². The van der Waals surface area contributed by atoms with Crippen molar-refractivity contribution < 1.29 is 4.92 Å². The summed E-state index contributed by atoms with van der Waals surface area (Å²) < 4.78 is 0. The van der Waals surface area contributed by atoms with Crippen LogP contribution in [-0.2, 0) is 6.54 Å². The van der Waals surface area contributed by atoms with Gasteiger partial charge in [-0.25, -0.2) is 0 Å². The van der Waals surface area contributed by atoms with Gasteiger partial charge >= 0.3 is 0 Å². The minimum absolute atomic E-state index is 0.0518. The van der Waals surface area contributed by atoms with E-state index >= 15 is 0 Å². The Balaban J connectivity index is 1.82. The van der Waals surface area contributed by atoms with Gasteiger partial charge < -0.3 is 0 Å².